The van der Waals surface area contributed by atoms with Gasteiger partial charge in [0.15, 0.2) is 0 Å². The molecule has 6 heteroatoms. The Balaban J connectivity index is 1.94. The summed E-state index contributed by atoms with van der Waals surface area (Å²) in [6.45, 7) is 7.85. The molecule has 21 heavy (non-hydrogen) atoms. The molecule has 1 aromatic heterocycles. The first kappa shape index (κ1) is 15.6. The zero-order valence-electron chi connectivity index (χ0n) is 12.6. The van der Waals surface area contributed by atoms with Crippen molar-refractivity contribution in [3.8, 4) is 11.5 Å². The van der Waals surface area contributed by atoms with Gasteiger partial charge >= 0.3 is 0 Å². The molecule has 5 nitrogen and oxygen atoms in total. The van der Waals surface area contributed by atoms with Gasteiger partial charge in [0.05, 0.1) is 5.75 Å². The molecule has 0 radical (unpaired) electrons. The van der Waals surface area contributed by atoms with Crippen LogP contribution in [0.25, 0.3) is 11.5 Å². The number of nitrogens with one attached hydrogen (secondary N) is 1. The van der Waals surface area contributed by atoms with Crippen LogP contribution >= 0.6 is 11.8 Å². The summed E-state index contributed by atoms with van der Waals surface area (Å²) in [7, 11) is 0. The number of aromatic nitrogens is 2. The Morgan fingerprint density at radius 3 is 2.52 bits per heavy atom. The third-order valence-corrected chi connectivity index (χ3v) is 3.36. The molecule has 0 saturated heterocycles. The van der Waals surface area contributed by atoms with Crippen LogP contribution in [0.3, 0.4) is 0 Å². The predicted molar refractivity (Wildman–Crippen MR) is 83.1 cm³/mol. The summed E-state index contributed by atoms with van der Waals surface area (Å²) in [6.07, 6.45) is 0. The summed E-state index contributed by atoms with van der Waals surface area (Å²) in [4.78, 5) is 11.7. The smallest absolute Gasteiger partial charge is 0.277 e. The number of amides is 1. The van der Waals surface area contributed by atoms with E-state index >= 15 is 0 Å². The second-order valence-corrected chi connectivity index (χ2v) is 6.75. The number of hydrogen-bond donors (Lipinski definition) is 1. The lowest BCUT2D eigenvalue weighted by Crippen LogP contribution is -2.41. The summed E-state index contributed by atoms with van der Waals surface area (Å²) in [6, 6.07) is 7.85. The predicted octanol–water partition coefficient (Wildman–Crippen LogP) is 3.05. The maximum absolute atomic E-state index is 11.7. The van der Waals surface area contributed by atoms with Crippen molar-refractivity contribution < 1.29 is 9.21 Å². The molecule has 2 aromatic rings. The zero-order chi connectivity index (χ0) is 15.5. The zero-order valence-corrected chi connectivity index (χ0v) is 13.5. The van der Waals surface area contributed by atoms with Crippen LogP contribution in [0.5, 0.6) is 0 Å². The Morgan fingerprint density at radius 1 is 1.24 bits per heavy atom. The van der Waals surface area contributed by atoms with Gasteiger partial charge in [0.2, 0.25) is 11.8 Å². The SMILES string of the molecule is Cc1ccc(-c2nnc(SCC(=O)NC(C)(C)C)o2)cc1. The van der Waals surface area contributed by atoms with Gasteiger partial charge in [-0.3, -0.25) is 4.79 Å². The van der Waals surface area contributed by atoms with Crippen molar-refractivity contribution in [2.75, 3.05) is 5.75 Å². The van der Waals surface area contributed by atoms with Crippen LogP contribution in [-0.4, -0.2) is 27.4 Å². The molecule has 0 bridgehead atoms. The van der Waals surface area contributed by atoms with Gasteiger partial charge in [-0.25, -0.2) is 0 Å². The molecule has 0 saturated carbocycles. The van der Waals surface area contributed by atoms with Crippen LogP contribution in [-0.2, 0) is 4.79 Å². The lowest BCUT2D eigenvalue weighted by Gasteiger charge is -2.19. The van der Waals surface area contributed by atoms with Crippen LogP contribution in [0.15, 0.2) is 33.9 Å². The molecule has 1 amide bonds. The van der Waals surface area contributed by atoms with Gasteiger partial charge in [-0.05, 0) is 39.8 Å². The molecule has 1 N–H and O–H groups in total. The standard InChI is InChI=1S/C15H19N3O2S/c1-10-5-7-11(8-6-10)13-17-18-14(20-13)21-9-12(19)16-15(2,3)4/h5-8H,9H2,1-4H3,(H,16,19). The summed E-state index contributed by atoms with van der Waals surface area (Å²) >= 11 is 1.24. The third kappa shape index (κ3) is 4.90. The van der Waals surface area contributed by atoms with Crippen molar-refractivity contribution in [3.63, 3.8) is 0 Å². The third-order valence-electron chi connectivity index (χ3n) is 2.55. The van der Waals surface area contributed by atoms with Crippen LogP contribution in [0.1, 0.15) is 26.3 Å². The van der Waals surface area contributed by atoms with E-state index in [4.69, 9.17) is 4.42 Å². The second kappa shape index (κ2) is 6.30. The van der Waals surface area contributed by atoms with E-state index in [1.807, 2.05) is 52.0 Å². The molecule has 0 atom stereocenters. The fourth-order valence-electron chi connectivity index (χ4n) is 1.66. The quantitative estimate of drug-likeness (QED) is 0.879. The Hall–Kier alpha value is -1.82. The highest BCUT2D eigenvalue weighted by Gasteiger charge is 2.15. The van der Waals surface area contributed by atoms with Gasteiger partial charge in [-0.1, -0.05) is 29.5 Å². The van der Waals surface area contributed by atoms with Crippen molar-refractivity contribution in [1.82, 2.24) is 15.5 Å². The van der Waals surface area contributed by atoms with E-state index in [1.165, 1.54) is 17.3 Å². The molecule has 0 unspecified atom stereocenters. The minimum absolute atomic E-state index is 0.0532. The van der Waals surface area contributed by atoms with E-state index in [-0.39, 0.29) is 17.2 Å². The number of rotatable bonds is 4. The topological polar surface area (TPSA) is 68.0 Å². The van der Waals surface area contributed by atoms with E-state index in [0.717, 1.165) is 5.56 Å². The maximum atomic E-state index is 11.7. The second-order valence-electron chi connectivity index (χ2n) is 5.83. The average Bonchev–Trinajstić information content (AvgIpc) is 2.84. The van der Waals surface area contributed by atoms with Gasteiger partial charge in [-0.2, -0.15) is 0 Å². The number of hydrogen-bond acceptors (Lipinski definition) is 5. The Labute approximate surface area is 128 Å². The Bertz CT molecular complexity index is 615. The minimum Gasteiger partial charge on any atom is -0.411 e. The van der Waals surface area contributed by atoms with Crippen molar-refractivity contribution in [3.05, 3.63) is 29.8 Å². The van der Waals surface area contributed by atoms with Crippen molar-refractivity contribution in [1.29, 1.82) is 0 Å². The van der Waals surface area contributed by atoms with E-state index in [1.54, 1.807) is 0 Å². The molecular formula is C15H19N3O2S. The summed E-state index contributed by atoms with van der Waals surface area (Å²) in [5.41, 5.74) is 1.81. The van der Waals surface area contributed by atoms with Gasteiger partial charge < -0.3 is 9.73 Å². The number of benzene rings is 1. The number of aryl methyl sites for hydroxylation is 1. The normalized spacial score (nSPS) is 11.4. The largest absolute Gasteiger partial charge is 0.411 e. The number of carbonyl (C=O) groups excluding carboxylic acids is 1. The van der Waals surface area contributed by atoms with Crippen molar-refractivity contribution in [2.24, 2.45) is 0 Å². The monoisotopic (exact) mass is 305 g/mol. The molecule has 0 spiro atoms. The van der Waals surface area contributed by atoms with Crippen LogP contribution in [0.2, 0.25) is 0 Å². The van der Waals surface area contributed by atoms with Crippen LogP contribution in [0, 0.1) is 6.92 Å². The van der Waals surface area contributed by atoms with E-state index in [2.05, 4.69) is 15.5 Å². The first-order valence-electron chi connectivity index (χ1n) is 6.68. The van der Waals surface area contributed by atoms with Crippen LogP contribution < -0.4 is 5.32 Å². The van der Waals surface area contributed by atoms with Gasteiger partial charge in [0.1, 0.15) is 0 Å². The Kier molecular flexibility index (Phi) is 4.67. The van der Waals surface area contributed by atoms with Crippen molar-refractivity contribution in [2.45, 2.75) is 38.5 Å². The van der Waals surface area contributed by atoms with Gasteiger partial charge in [-0.15, -0.1) is 10.2 Å². The molecule has 1 aromatic carbocycles. The summed E-state index contributed by atoms with van der Waals surface area (Å²) in [5.74, 6) is 0.670. The first-order valence-corrected chi connectivity index (χ1v) is 7.66. The lowest BCUT2D eigenvalue weighted by atomic mass is 10.1. The molecule has 0 aliphatic carbocycles. The fraction of sp³-hybridized carbons (Fsp3) is 0.400. The summed E-state index contributed by atoms with van der Waals surface area (Å²) < 4.78 is 5.55. The van der Waals surface area contributed by atoms with E-state index < -0.39 is 0 Å². The molecular weight excluding hydrogens is 286 g/mol. The number of thioether (sulfide) groups is 1. The highest BCUT2D eigenvalue weighted by atomic mass is 32.2. The molecule has 0 fully saturated rings. The number of carbonyl (C=O) groups is 1. The molecule has 0 aliphatic rings. The van der Waals surface area contributed by atoms with E-state index in [9.17, 15) is 4.79 Å². The lowest BCUT2D eigenvalue weighted by molar-refractivity contribution is -0.119. The number of nitrogens with zero attached hydrogens (tertiary/aromatic N) is 2. The highest BCUT2D eigenvalue weighted by Crippen LogP contribution is 2.23. The molecule has 2 rings (SSSR count). The van der Waals surface area contributed by atoms with E-state index in [0.29, 0.717) is 11.1 Å². The van der Waals surface area contributed by atoms with Crippen molar-refractivity contribution >= 4 is 17.7 Å². The maximum Gasteiger partial charge on any atom is 0.277 e. The fourth-order valence-corrected chi connectivity index (χ4v) is 2.23. The first-order chi connectivity index (χ1) is 9.83. The molecule has 112 valence electrons. The summed E-state index contributed by atoms with van der Waals surface area (Å²) in [5, 5.41) is 11.2. The minimum atomic E-state index is -0.237. The van der Waals surface area contributed by atoms with Gasteiger partial charge in [0.25, 0.3) is 5.22 Å². The highest BCUT2D eigenvalue weighted by molar-refractivity contribution is 7.99. The Morgan fingerprint density at radius 2 is 1.90 bits per heavy atom. The average molecular weight is 305 g/mol. The van der Waals surface area contributed by atoms with Crippen LogP contribution in [0.4, 0.5) is 0 Å². The molecule has 1 heterocycles. The van der Waals surface area contributed by atoms with Gasteiger partial charge in [0, 0.05) is 11.1 Å². The molecule has 0 aliphatic heterocycles.